The second-order valence-corrected chi connectivity index (χ2v) is 8.25. The van der Waals surface area contributed by atoms with Crippen molar-refractivity contribution in [3.8, 4) is 5.75 Å². The van der Waals surface area contributed by atoms with E-state index in [2.05, 4.69) is 5.32 Å². The zero-order valence-electron chi connectivity index (χ0n) is 18.3. The molecule has 0 spiro atoms. The lowest BCUT2D eigenvalue weighted by Gasteiger charge is -2.27. The monoisotopic (exact) mass is 460 g/mol. The van der Waals surface area contributed by atoms with Crippen molar-refractivity contribution >= 4 is 40.3 Å². The van der Waals surface area contributed by atoms with Crippen LogP contribution < -0.4 is 10.1 Å². The maximum atomic E-state index is 13.2. The molecule has 1 aliphatic heterocycles. The van der Waals surface area contributed by atoms with Crippen molar-refractivity contribution in [1.82, 2.24) is 10.2 Å². The number of fused-ring (bicyclic) bond motifs is 2. The standard InChI is InChI=1S/C25H20N2O7/c1-33-15-6-7-16-18(12-34-21(16)10-15)23(30)26-11-13-3-2-4-17-22(13)25(32)27(24(17)31)19-8-5-14(28)9-20(19)29/h2-4,6-7,10,12,19H,5,8-9,11H2,1H3,(H,26,30). The normalized spacial score (nSPS) is 17.9. The number of carbonyl (C=O) groups excluding carboxylic acids is 5. The Kier molecular flexibility index (Phi) is 5.24. The van der Waals surface area contributed by atoms with E-state index in [1.807, 2.05) is 0 Å². The van der Waals surface area contributed by atoms with Crippen LogP contribution in [-0.2, 0) is 16.1 Å². The van der Waals surface area contributed by atoms with Crippen LogP contribution in [0, 0.1) is 0 Å². The number of carbonyl (C=O) groups is 5. The third-order valence-electron chi connectivity index (χ3n) is 6.25. The zero-order valence-corrected chi connectivity index (χ0v) is 18.3. The summed E-state index contributed by atoms with van der Waals surface area (Å²) in [6, 6.07) is 8.97. The number of imide groups is 1. The zero-order chi connectivity index (χ0) is 24.0. The molecule has 1 unspecified atom stereocenters. The summed E-state index contributed by atoms with van der Waals surface area (Å²) in [5, 5.41) is 3.38. The molecular formula is C25H20N2O7. The SMILES string of the molecule is COc1ccc2c(C(=O)NCc3cccc4c3C(=O)N(C3CCC(=O)CC3=O)C4=O)coc2c1. The molecule has 0 bridgehead atoms. The first-order valence-electron chi connectivity index (χ1n) is 10.8. The third kappa shape index (κ3) is 3.45. The summed E-state index contributed by atoms with van der Waals surface area (Å²) in [7, 11) is 1.53. The molecule has 9 nitrogen and oxygen atoms in total. The van der Waals surface area contributed by atoms with Gasteiger partial charge in [0.25, 0.3) is 17.7 Å². The molecule has 1 aliphatic carbocycles. The number of nitrogens with zero attached hydrogens (tertiary/aromatic N) is 1. The van der Waals surface area contributed by atoms with Crippen LogP contribution in [0.4, 0.5) is 0 Å². The van der Waals surface area contributed by atoms with E-state index in [-0.39, 0.29) is 42.7 Å². The van der Waals surface area contributed by atoms with E-state index >= 15 is 0 Å². The largest absolute Gasteiger partial charge is 0.497 e. The molecule has 2 aromatic carbocycles. The molecule has 0 radical (unpaired) electrons. The number of furan rings is 1. The first-order chi connectivity index (χ1) is 16.4. The molecule has 1 N–H and O–H groups in total. The molecule has 3 amide bonds. The number of amides is 3. The lowest BCUT2D eigenvalue weighted by molar-refractivity contribution is -0.132. The molecule has 172 valence electrons. The molecule has 2 aliphatic rings. The molecule has 1 fully saturated rings. The summed E-state index contributed by atoms with van der Waals surface area (Å²) >= 11 is 0. The minimum absolute atomic E-state index is 0.00516. The number of ether oxygens (including phenoxy) is 1. The number of benzene rings is 2. The summed E-state index contributed by atoms with van der Waals surface area (Å²) in [5.74, 6) is -1.57. The van der Waals surface area contributed by atoms with Gasteiger partial charge in [0.1, 0.15) is 23.4 Å². The highest BCUT2D eigenvalue weighted by molar-refractivity contribution is 6.24. The van der Waals surface area contributed by atoms with Crippen LogP contribution in [0.25, 0.3) is 11.0 Å². The fraction of sp³-hybridized carbons (Fsp3) is 0.240. The van der Waals surface area contributed by atoms with Gasteiger partial charge in [0.2, 0.25) is 0 Å². The average molecular weight is 460 g/mol. The lowest BCUT2D eigenvalue weighted by atomic mass is 9.92. The van der Waals surface area contributed by atoms with Gasteiger partial charge in [-0.2, -0.15) is 0 Å². The maximum Gasteiger partial charge on any atom is 0.262 e. The average Bonchev–Trinajstić information content (AvgIpc) is 3.36. The Hall–Kier alpha value is -4.27. The van der Waals surface area contributed by atoms with Gasteiger partial charge in [-0.15, -0.1) is 0 Å². The second-order valence-electron chi connectivity index (χ2n) is 8.25. The van der Waals surface area contributed by atoms with Crippen molar-refractivity contribution in [2.45, 2.75) is 31.8 Å². The van der Waals surface area contributed by atoms with Crippen molar-refractivity contribution in [1.29, 1.82) is 0 Å². The summed E-state index contributed by atoms with van der Waals surface area (Å²) in [6.07, 6.45) is 1.36. The van der Waals surface area contributed by atoms with Crippen LogP contribution >= 0.6 is 0 Å². The van der Waals surface area contributed by atoms with Crippen molar-refractivity contribution in [2.75, 3.05) is 7.11 Å². The van der Waals surface area contributed by atoms with Crippen LogP contribution in [0.2, 0.25) is 0 Å². The first-order valence-corrected chi connectivity index (χ1v) is 10.8. The molecular weight excluding hydrogens is 440 g/mol. The van der Waals surface area contributed by atoms with E-state index in [4.69, 9.17) is 9.15 Å². The van der Waals surface area contributed by atoms with Crippen molar-refractivity contribution < 1.29 is 33.1 Å². The number of hydrogen-bond donors (Lipinski definition) is 1. The Bertz CT molecular complexity index is 1390. The number of Topliss-reactive ketones (excluding diaryl/α,β-unsaturated/α-hetero) is 2. The molecule has 1 saturated carbocycles. The fourth-order valence-electron chi connectivity index (χ4n) is 4.52. The number of hydrogen-bond acceptors (Lipinski definition) is 7. The van der Waals surface area contributed by atoms with Crippen molar-refractivity contribution in [2.24, 2.45) is 0 Å². The Balaban J connectivity index is 1.37. The Morgan fingerprint density at radius 2 is 1.97 bits per heavy atom. The van der Waals surface area contributed by atoms with E-state index in [9.17, 15) is 24.0 Å². The van der Waals surface area contributed by atoms with Gasteiger partial charge in [-0.05, 0) is 30.2 Å². The van der Waals surface area contributed by atoms with Gasteiger partial charge in [0.05, 0.1) is 36.3 Å². The summed E-state index contributed by atoms with van der Waals surface area (Å²) < 4.78 is 10.6. The van der Waals surface area contributed by atoms with Crippen LogP contribution in [0.15, 0.2) is 47.1 Å². The van der Waals surface area contributed by atoms with E-state index in [1.165, 1.54) is 19.4 Å². The van der Waals surface area contributed by atoms with Crippen molar-refractivity contribution in [3.63, 3.8) is 0 Å². The number of methoxy groups -OCH3 is 1. The highest BCUT2D eigenvalue weighted by atomic mass is 16.5. The minimum Gasteiger partial charge on any atom is -0.497 e. The highest BCUT2D eigenvalue weighted by Crippen LogP contribution is 2.31. The molecule has 1 aromatic heterocycles. The quantitative estimate of drug-likeness (QED) is 0.459. The summed E-state index contributed by atoms with van der Waals surface area (Å²) in [6.45, 7) is -0.00516. The molecule has 1 atom stereocenters. The first kappa shape index (κ1) is 21.6. The van der Waals surface area contributed by atoms with Gasteiger partial charge in [0, 0.05) is 24.4 Å². The molecule has 34 heavy (non-hydrogen) atoms. The Morgan fingerprint density at radius 3 is 2.74 bits per heavy atom. The molecule has 3 aromatic rings. The number of rotatable bonds is 5. The summed E-state index contributed by atoms with van der Waals surface area (Å²) in [4.78, 5) is 63.9. The topological polar surface area (TPSA) is 123 Å². The lowest BCUT2D eigenvalue weighted by Crippen LogP contribution is -2.47. The van der Waals surface area contributed by atoms with E-state index in [1.54, 1.807) is 30.3 Å². The van der Waals surface area contributed by atoms with E-state index in [0.29, 0.717) is 27.8 Å². The highest BCUT2D eigenvalue weighted by Gasteiger charge is 2.45. The predicted octanol–water partition coefficient (Wildman–Crippen LogP) is 2.66. The van der Waals surface area contributed by atoms with Crippen LogP contribution in [0.5, 0.6) is 5.75 Å². The predicted molar refractivity (Wildman–Crippen MR) is 119 cm³/mol. The molecule has 5 rings (SSSR count). The van der Waals surface area contributed by atoms with Gasteiger partial charge < -0.3 is 14.5 Å². The van der Waals surface area contributed by atoms with Gasteiger partial charge >= 0.3 is 0 Å². The van der Waals surface area contributed by atoms with Gasteiger partial charge in [-0.1, -0.05) is 12.1 Å². The van der Waals surface area contributed by atoms with Crippen LogP contribution in [0.1, 0.15) is 55.9 Å². The Morgan fingerprint density at radius 1 is 1.15 bits per heavy atom. The van der Waals surface area contributed by atoms with Gasteiger partial charge in [-0.3, -0.25) is 28.9 Å². The van der Waals surface area contributed by atoms with Crippen molar-refractivity contribution in [3.05, 3.63) is 64.9 Å². The minimum atomic E-state index is -0.943. The third-order valence-corrected chi connectivity index (χ3v) is 6.25. The smallest absolute Gasteiger partial charge is 0.262 e. The maximum absolute atomic E-state index is 13.2. The van der Waals surface area contributed by atoms with E-state index in [0.717, 1.165) is 4.90 Å². The van der Waals surface area contributed by atoms with E-state index < -0.39 is 29.5 Å². The fourth-order valence-corrected chi connectivity index (χ4v) is 4.52. The molecule has 0 saturated heterocycles. The molecule has 2 heterocycles. The van der Waals surface area contributed by atoms with Crippen LogP contribution in [0.3, 0.4) is 0 Å². The number of ketones is 2. The van der Waals surface area contributed by atoms with Gasteiger partial charge in [-0.25, -0.2) is 0 Å². The van der Waals surface area contributed by atoms with Crippen LogP contribution in [-0.4, -0.2) is 47.3 Å². The number of nitrogens with one attached hydrogen (secondary N) is 1. The second kappa shape index (κ2) is 8.26. The Labute approximate surface area is 193 Å². The molecule has 9 heteroatoms. The van der Waals surface area contributed by atoms with Gasteiger partial charge in [0.15, 0.2) is 5.78 Å². The summed E-state index contributed by atoms with van der Waals surface area (Å²) in [5.41, 5.74) is 1.63.